The normalized spacial score (nSPS) is 16.2. The van der Waals surface area contributed by atoms with E-state index in [2.05, 4.69) is 10.0 Å². The number of rotatable bonds is 4. The second kappa shape index (κ2) is 6.33. The van der Waals surface area contributed by atoms with Gasteiger partial charge in [0.2, 0.25) is 10.0 Å². The number of carbonyl (C=O) groups is 1. The van der Waals surface area contributed by atoms with Gasteiger partial charge in [-0.25, -0.2) is 8.42 Å². The molecule has 0 spiro atoms. The van der Waals surface area contributed by atoms with Gasteiger partial charge >= 0.3 is 0 Å². The van der Waals surface area contributed by atoms with Crippen molar-refractivity contribution in [3.05, 3.63) is 58.6 Å². The van der Waals surface area contributed by atoms with Gasteiger partial charge in [0.1, 0.15) is 12.4 Å². The first kappa shape index (κ1) is 16.6. The van der Waals surface area contributed by atoms with Crippen LogP contribution >= 0.6 is 11.6 Å². The Morgan fingerprint density at radius 2 is 2.00 bits per heavy atom. The van der Waals surface area contributed by atoms with Crippen LogP contribution in [-0.4, -0.2) is 27.2 Å². The number of anilines is 1. The summed E-state index contributed by atoms with van der Waals surface area (Å²) in [6, 6.07) is 11.5. The van der Waals surface area contributed by atoms with E-state index in [1.54, 1.807) is 0 Å². The first-order valence-electron chi connectivity index (χ1n) is 7.13. The van der Waals surface area contributed by atoms with Crippen molar-refractivity contribution in [1.82, 2.24) is 5.32 Å². The van der Waals surface area contributed by atoms with Crippen molar-refractivity contribution in [3.8, 4) is 5.75 Å². The minimum absolute atomic E-state index is 0.150. The third kappa shape index (κ3) is 3.63. The Hall–Kier alpha value is -2.25. The predicted molar refractivity (Wildman–Crippen MR) is 92.1 cm³/mol. The Balaban J connectivity index is 1.87. The van der Waals surface area contributed by atoms with Crippen LogP contribution in [0.15, 0.2) is 42.5 Å². The third-order valence-electron chi connectivity index (χ3n) is 3.53. The van der Waals surface area contributed by atoms with E-state index in [0.717, 1.165) is 17.6 Å². The third-order valence-corrected chi connectivity index (χ3v) is 4.35. The molecule has 1 amide bonds. The van der Waals surface area contributed by atoms with Crippen molar-refractivity contribution in [3.63, 3.8) is 0 Å². The molecule has 0 radical (unpaired) electrons. The average molecular weight is 367 g/mol. The van der Waals surface area contributed by atoms with E-state index >= 15 is 0 Å². The lowest BCUT2D eigenvalue weighted by Gasteiger charge is -2.15. The van der Waals surface area contributed by atoms with Gasteiger partial charge in [-0.15, -0.1) is 0 Å². The molecule has 0 saturated carbocycles. The molecule has 2 aromatic rings. The molecule has 1 atom stereocenters. The molecule has 126 valence electrons. The fraction of sp³-hybridized carbons (Fsp3) is 0.188. The molecule has 1 unspecified atom stereocenters. The highest BCUT2D eigenvalue weighted by molar-refractivity contribution is 7.92. The van der Waals surface area contributed by atoms with Gasteiger partial charge in [-0.05, 0) is 24.3 Å². The number of amides is 1. The number of fused-ring (bicyclic) bond motifs is 1. The smallest absolute Gasteiger partial charge is 0.254 e. The van der Waals surface area contributed by atoms with Crippen LogP contribution in [0.1, 0.15) is 22.0 Å². The van der Waals surface area contributed by atoms with E-state index < -0.39 is 15.9 Å². The Morgan fingerprint density at radius 1 is 1.25 bits per heavy atom. The molecule has 0 aromatic heterocycles. The molecule has 0 bridgehead atoms. The van der Waals surface area contributed by atoms with E-state index in [-0.39, 0.29) is 17.3 Å². The summed E-state index contributed by atoms with van der Waals surface area (Å²) in [5.41, 5.74) is 1.20. The number of hydrogen-bond acceptors (Lipinski definition) is 4. The van der Waals surface area contributed by atoms with Gasteiger partial charge in [0.25, 0.3) is 5.91 Å². The number of para-hydroxylation sites is 1. The van der Waals surface area contributed by atoms with Crippen LogP contribution in [0.2, 0.25) is 5.02 Å². The summed E-state index contributed by atoms with van der Waals surface area (Å²) < 4.78 is 30.8. The molecule has 1 aliphatic rings. The number of ether oxygens (including phenoxy) is 1. The van der Waals surface area contributed by atoms with E-state index in [0.29, 0.717) is 11.6 Å². The summed E-state index contributed by atoms with van der Waals surface area (Å²) in [5.74, 6) is 0.289. The maximum absolute atomic E-state index is 12.6. The molecular weight excluding hydrogens is 352 g/mol. The van der Waals surface area contributed by atoms with Crippen LogP contribution in [0, 0.1) is 0 Å². The fourth-order valence-corrected chi connectivity index (χ4v) is 3.26. The maximum atomic E-state index is 12.6. The summed E-state index contributed by atoms with van der Waals surface area (Å²) in [6.07, 6.45) is 1.02. The molecular formula is C16H15ClN2O4S. The van der Waals surface area contributed by atoms with Gasteiger partial charge in [0.15, 0.2) is 0 Å². The largest absolute Gasteiger partial charge is 0.491 e. The average Bonchev–Trinajstić information content (AvgIpc) is 2.91. The van der Waals surface area contributed by atoms with Crippen molar-refractivity contribution in [2.45, 2.75) is 6.04 Å². The number of benzene rings is 2. The van der Waals surface area contributed by atoms with E-state index in [9.17, 15) is 13.2 Å². The lowest BCUT2D eigenvalue weighted by molar-refractivity contribution is 0.0931. The molecule has 1 heterocycles. The van der Waals surface area contributed by atoms with Crippen molar-refractivity contribution in [2.75, 3.05) is 17.6 Å². The topological polar surface area (TPSA) is 84.5 Å². The minimum atomic E-state index is -3.52. The molecule has 2 N–H and O–H groups in total. The Kier molecular flexibility index (Phi) is 4.38. The number of sulfonamides is 1. The summed E-state index contributed by atoms with van der Waals surface area (Å²) in [6.45, 7) is 0.320. The summed E-state index contributed by atoms with van der Waals surface area (Å²) in [4.78, 5) is 12.6. The second-order valence-electron chi connectivity index (χ2n) is 5.44. The van der Waals surface area contributed by atoms with Crippen molar-refractivity contribution < 1.29 is 17.9 Å². The first-order chi connectivity index (χ1) is 11.3. The highest BCUT2D eigenvalue weighted by Gasteiger charge is 2.26. The van der Waals surface area contributed by atoms with E-state index in [1.165, 1.54) is 18.2 Å². The zero-order chi connectivity index (χ0) is 17.3. The van der Waals surface area contributed by atoms with Gasteiger partial charge in [-0.2, -0.15) is 0 Å². The zero-order valence-electron chi connectivity index (χ0n) is 12.7. The van der Waals surface area contributed by atoms with Gasteiger partial charge < -0.3 is 10.1 Å². The van der Waals surface area contributed by atoms with E-state index in [4.69, 9.17) is 16.3 Å². The van der Waals surface area contributed by atoms with Gasteiger partial charge in [-0.3, -0.25) is 9.52 Å². The molecule has 8 heteroatoms. The standard InChI is InChI=1S/C16H15ClN2O4S/c1-24(21,22)19-13-7-6-10(17)8-12(13)16(20)18-14-9-23-15-5-3-2-4-11(14)15/h2-8,14,19H,9H2,1H3,(H,18,20). The SMILES string of the molecule is CS(=O)(=O)Nc1ccc(Cl)cc1C(=O)NC1COc2ccccc21. The predicted octanol–water partition coefficient (Wildman–Crippen LogP) is 2.58. The Bertz CT molecular complexity index is 899. The van der Waals surface area contributed by atoms with Crippen molar-refractivity contribution in [1.29, 1.82) is 0 Å². The monoisotopic (exact) mass is 366 g/mol. The van der Waals surface area contributed by atoms with Gasteiger partial charge in [0, 0.05) is 10.6 Å². The van der Waals surface area contributed by atoms with E-state index in [1.807, 2.05) is 24.3 Å². The second-order valence-corrected chi connectivity index (χ2v) is 7.62. The maximum Gasteiger partial charge on any atom is 0.254 e. The lowest BCUT2D eigenvalue weighted by Crippen LogP contribution is -2.30. The Morgan fingerprint density at radius 3 is 2.75 bits per heavy atom. The molecule has 0 saturated heterocycles. The molecule has 6 nitrogen and oxygen atoms in total. The minimum Gasteiger partial charge on any atom is -0.491 e. The van der Waals surface area contributed by atoms with Crippen molar-refractivity contribution >= 4 is 33.2 Å². The van der Waals surface area contributed by atoms with Crippen molar-refractivity contribution in [2.24, 2.45) is 0 Å². The van der Waals surface area contributed by atoms with Crippen LogP contribution in [0.3, 0.4) is 0 Å². The fourth-order valence-electron chi connectivity index (χ4n) is 2.51. The molecule has 2 aromatic carbocycles. The summed E-state index contributed by atoms with van der Waals surface area (Å²) in [7, 11) is -3.52. The zero-order valence-corrected chi connectivity index (χ0v) is 14.3. The molecule has 24 heavy (non-hydrogen) atoms. The van der Waals surface area contributed by atoms with Crippen LogP contribution < -0.4 is 14.8 Å². The van der Waals surface area contributed by atoms with Gasteiger partial charge in [-0.1, -0.05) is 29.8 Å². The summed E-state index contributed by atoms with van der Waals surface area (Å²) in [5, 5.41) is 3.18. The molecule has 0 fully saturated rings. The Labute approximate surface area is 144 Å². The highest BCUT2D eigenvalue weighted by atomic mass is 35.5. The quantitative estimate of drug-likeness (QED) is 0.871. The van der Waals surface area contributed by atoms with Crippen LogP contribution in [0.4, 0.5) is 5.69 Å². The summed E-state index contributed by atoms with van der Waals surface area (Å²) >= 11 is 5.95. The molecule has 0 aliphatic carbocycles. The first-order valence-corrected chi connectivity index (χ1v) is 9.40. The van der Waals surface area contributed by atoms with Crippen LogP contribution in [0.25, 0.3) is 0 Å². The van der Waals surface area contributed by atoms with Crippen LogP contribution in [0.5, 0.6) is 5.75 Å². The van der Waals surface area contributed by atoms with Crippen LogP contribution in [-0.2, 0) is 10.0 Å². The molecule has 3 rings (SSSR count). The number of carbonyl (C=O) groups excluding carboxylic acids is 1. The number of hydrogen-bond donors (Lipinski definition) is 2. The number of nitrogens with one attached hydrogen (secondary N) is 2. The highest BCUT2D eigenvalue weighted by Crippen LogP contribution is 2.32. The van der Waals surface area contributed by atoms with Gasteiger partial charge in [0.05, 0.1) is 23.5 Å². The lowest BCUT2D eigenvalue weighted by atomic mass is 10.1. The number of halogens is 1. The molecule has 1 aliphatic heterocycles.